The molecule has 142 valence electrons. The summed E-state index contributed by atoms with van der Waals surface area (Å²) in [7, 11) is -3.94. The van der Waals surface area contributed by atoms with Crippen LogP contribution in [0.4, 0.5) is 5.69 Å². The summed E-state index contributed by atoms with van der Waals surface area (Å²) in [6.07, 6.45) is 0. The second kappa shape index (κ2) is 7.75. The summed E-state index contributed by atoms with van der Waals surface area (Å²) in [6.45, 7) is 0.829. The van der Waals surface area contributed by atoms with E-state index in [1.165, 1.54) is 47.4 Å². The number of hydrogen-bond acceptors (Lipinski definition) is 4. The quantitative estimate of drug-likeness (QED) is 0.782. The predicted molar refractivity (Wildman–Crippen MR) is 103 cm³/mol. The molecule has 0 saturated carbocycles. The van der Waals surface area contributed by atoms with E-state index < -0.39 is 10.0 Å². The third kappa shape index (κ3) is 4.52. The molecule has 0 unspecified atom stereocenters. The van der Waals surface area contributed by atoms with Gasteiger partial charge in [-0.3, -0.25) is 14.3 Å². The Kier molecular flexibility index (Phi) is 5.59. The van der Waals surface area contributed by atoms with Crippen molar-refractivity contribution in [1.29, 1.82) is 0 Å². The molecular formula is C17H15Cl2N3O4S. The van der Waals surface area contributed by atoms with Crippen molar-refractivity contribution in [1.82, 2.24) is 10.2 Å². The fraction of sp³-hybridized carbons (Fsp3) is 0.176. The average Bonchev–Trinajstić information content (AvgIpc) is 2.63. The summed E-state index contributed by atoms with van der Waals surface area (Å²) >= 11 is 11.8. The minimum Gasteiger partial charge on any atom is -0.353 e. The molecule has 1 aliphatic rings. The molecule has 0 aromatic heterocycles. The number of rotatable bonds is 4. The fourth-order valence-electron chi connectivity index (χ4n) is 2.57. The standard InChI is InChI=1S/C17H15Cl2N3O4S/c18-12-3-6-14(19)15(9-12)27(25,26)21-13-4-1-11(2-5-13)17(24)22-8-7-20-16(23)10-22/h1-6,9,21H,7-8,10H2,(H,20,23). The number of carbonyl (C=O) groups is 2. The van der Waals surface area contributed by atoms with Crippen LogP contribution in [0.2, 0.25) is 10.0 Å². The van der Waals surface area contributed by atoms with Crippen molar-refractivity contribution in [3.63, 3.8) is 0 Å². The molecule has 2 N–H and O–H groups in total. The van der Waals surface area contributed by atoms with E-state index in [0.29, 0.717) is 18.7 Å². The molecule has 0 aliphatic carbocycles. The van der Waals surface area contributed by atoms with Gasteiger partial charge in [-0.2, -0.15) is 0 Å². The van der Waals surface area contributed by atoms with Crippen LogP contribution in [0.1, 0.15) is 10.4 Å². The van der Waals surface area contributed by atoms with Gasteiger partial charge >= 0.3 is 0 Å². The summed E-state index contributed by atoms with van der Waals surface area (Å²) in [4.78, 5) is 25.1. The van der Waals surface area contributed by atoms with E-state index >= 15 is 0 Å². The highest BCUT2D eigenvalue weighted by atomic mass is 35.5. The molecular weight excluding hydrogens is 413 g/mol. The molecule has 3 rings (SSSR count). The van der Waals surface area contributed by atoms with E-state index in [0.717, 1.165) is 0 Å². The number of sulfonamides is 1. The van der Waals surface area contributed by atoms with Gasteiger partial charge in [0.25, 0.3) is 15.9 Å². The maximum Gasteiger partial charge on any atom is 0.263 e. The first-order valence-electron chi connectivity index (χ1n) is 7.90. The number of hydrogen-bond donors (Lipinski definition) is 2. The number of nitrogens with one attached hydrogen (secondary N) is 2. The lowest BCUT2D eigenvalue weighted by atomic mass is 10.1. The zero-order valence-corrected chi connectivity index (χ0v) is 16.2. The van der Waals surface area contributed by atoms with Crippen LogP contribution in [0.3, 0.4) is 0 Å². The van der Waals surface area contributed by atoms with Crippen molar-refractivity contribution < 1.29 is 18.0 Å². The molecule has 0 bridgehead atoms. The van der Waals surface area contributed by atoms with E-state index in [2.05, 4.69) is 10.0 Å². The Morgan fingerprint density at radius 1 is 1.11 bits per heavy atom. The van der Waals surface area contributed by atoms with Gasteiger partial charge in [-0.05, 0) is 42.5 Å². The van der Waals surface area contributed by atoms with Crippen LogP contribution in [0, 0.1) is 0 Å². The molecule has 1 heterocycles. The third-order valence-corrected chi connectivity index (χ3v) is 5.99. The Balaban J connectivity index is 1.76. The van der Waals surface area contributed by atoms with Crippen LogP contribution < -0.4 is 10.0 Å². The number of nitrogens with zero attached hydrogens (tertiary/aromatic N) is 1. The van der Waals surface area contributed by atoms with E-state index in [1.54, 1.807) is 0 Å². The molecule has 0 radical (unpaired) electrons. The monoisotopic (exact) mass is 427 g/mol. The zero-order chi connectivity index (χ0) is 19.6. The second-order valence-corrected chi connectivity index (χ2v) is 8.33. The van der Waals surface area contributed by atoms with Crippen molar-refractivity contribution in [2.45, 2.75) is 4.90 Å². The lowest BCUT2D eigenvalue weighted by Crippen LogP contribution is -2.49. The van der Waals surface area contributed by atoms with Crippen molar-refractivity contribution in [2.24, 2.45) is 0 Å². The first-order chi connectivity index (χ1) is 12.8. The van der Waals surface area contributed by atoms with Crippen LogP contribution in [-0.2, 0) is 14.8 Å². The van der Waals surface area contributed by atoms with Crippen molar-refractivity contribution in [3.8, 4) is 0 Å². The smallest absolute Gasteiger partial charge is 0.263 e. The molecule has 0 spiro atoms. The molecule has 7 nitrogen and oxygen atoms in total. The number of halogens is 2. The maximum atomic E-state index is 12.5. The molecule has 2 aromatic carbocycles. The van der Waals surface area contributed by atoms with Gasteiger partial charge in [0.05, 0.1) is 11.6 Å². The first kappa shape index (κ1) is 19.5. The molecule has 0 atom stereocenters. The largest absolute Gasteiger partial charge is 0.353 e. The lowest BCUT2D eigenvalue weighted by molar-refractivity contribution is -0.123. The molecule has 27 heavy (non-hydrogen) atoms. The Hall–Kier alpha value is -2.29. The van der Waals surface area contributed by atoms with Crippen LogP contribution in [0.5, 0.6) is 0 Å². The van der Waals surface area contributed by atoms with Crippen molar-refractivity contribution in [3.05, 3.63) is 58.1 Å². The SMILES string of the molecule is O=C1CN(C(=O)c2ccc(NS(=O)(=O)c3cc(Cl)ccc3Cl)cc2)CCN1. The highest BCUT2D eigenvalue weighted by Crippen LogP contribution is 2.27. The molecule has 1 aliphatic heterocycles. The van der Waals surface area contributed by atoms with Gasteiger partial charge in [0.2, 0.25) is 5.91 Å². The van der Waals surface area contributed by atoms with Crippen LogP contribution in [0.15, 0.2) is 47.4 Å². The number of benzene rings is 2. The predicted octanol–water partition coefficient (Wildman–Crippen LogP) is 2.37. The maximum absolute atomic E-state index is 12.5. The Morgan fingerprint density at radius 2 is 1.81 bits per heavy atom. The topological polar surface area (TPSA) is 95.6 Å². The Bertz CT molecular complexity index is 994. The van der Waals surface area contributed by atoms with E-state index in [4.69, 9.17) is 23.2 Å². The van der Waals surface area contributed by atoms with Crippen molar-refractivity contribution >= 4 is 50.7 Å². The van der Waals surface area contributed by atoms with Gasteiger partial charge in [-0.15, -0.1) is 0 Å². The highest BCUT2D eigenvalue weighted by Gasteiger charge is 2.23. The van der Waals surface area contributed by atoms with Gasteiger partial charge < -0.3 is 10.2 Å². The zero-order valence-electron chi connectivity index (χ0n) is 13.9. The number of carbonyl (C=O) groups excluding carboxylic acids is 2. The second-order valence-electron chi connectivity index (χ2n) is 5.83. The van der Waals surface area contributed by atoms with E-state index in [1.807, 2.05) is 0 Å². The average molecular weight is 428 g/mol. The van der Waals surface area contributed by atoms with Gasteiger partial charge in [0, 0.05) is 29.4 Å². The highest BCUT2D eigenvalue weighted by molar-refractivity contribution is 7.92. The molecule has 2 aromatic rings. The van der Waals surface area contributed by atoms with Gasteiger partial charge in [-0.1, -0.05) is 23.2 Å². The van der Waals surface area contributed by atoms with Crippen LogP contribution in [0.25, 0.3) is 0 Å². The van der Waals surface area contributed by atoms with Crippen LogP contribution in [-0.4, -0.2) is 44.8 Å². The molecule has 1 saturated heterocycles. The van der Waals surface area contributed by atoms with E-state index in [-0.39, 0.29) is 39.0 Å². The lowest BCUT2D eigenvalue weighted by Gasteiger charge is -2.26. The number of amides is 2. The number of piperazine rings is 1. The van der Waals surface area contributed by atoms with Crippen molar-refractivity contribution in [2.75, 3.05) is 24.4 Å². The third-order valence-electron chi connectivity index (χ3n) is 3.89. The summed E-state index contributed by atoms with van der Waals surface area (Å²) in [5, 5.41) is 2.93. The summed E-state index contributed by atoms with van der Waals surface area (Å²) < 4.78 is 27.4. The van der Waals surface area contributed by atoms with E-state index in [9.17, 15) is 18.0 Å². The van der Waals surface area contributed by atoms with Gasteiger partial charge in [-0.25, -0.2) is 8.42 Å². The number of anilines is 1. The van der Waals surface area contributed by atoms with Gasteiger partial charge in [0.15, 0.2) is 0 Å². The summed E-state index contributed by atoms with van der Waals surface area (Å²) in [6, 6.07) is 10.1. The Labute approximate surface area is 166 Å². The minimum absolute atomic E-state index is 0.000476. The molecule has 1 fully saturated rings. The minimum atomic E-state index is -3.94. The molecule has 2 amide bonds. The first-order valence-corrected chi connectivity index (χ1v) is 10.1. The molecule has 10 heteroatoms. The Morgan fingerprint density at radius 3 is 2.48 bits per heavy atom. The summed E-state index contributed by atoms with van der Waals surface area (Å²) in [5.41, 5.74) is 0.618. The normalized spacial score (nSPS) is 14.6. The van der Waals surface area contributed by atoms with Gasteiger partial charge in [0.1, 0.15) is 4.90 Å². The fourth-order valence-corrected chi connectivity index (χ4v) is 4.39. The van der Waals surface area contributed by atoms with Crippen LogP contribution >= 0.6 is 23.2 Å². The summed E-state index contributed by atoms with van der Waals surface area (Å²) in [5.74, 6) is -0.505.